The highest BCUT2D eigenvalue weighted by Crippen LogP contribution is 2.35. The molecule has 0 spiro atoms. The van der Waals surface area contributed by atoms with Gasteiger partial charge in [0.25, 0.3) is 5.91 Å². The van der Waals surface area contributed by atoms with Gasteiger partial charge in [0, 0.05) is 0 Å². The van der Waals surface area contributed by atoms with Crippen LogP contribution in [0.1, 0.15) is 20.8 Å². The highest BCUT2D eigenvalue weighted by Gasteiger charge is 2.37. The van der Waals surface area contributed by atoms with Crippen molar-refractivity contribution in [1.82, 2.24) is 5.32 Å². The molecule has 3 rings (SSSR count). The van der Waals surface area contributed by atoms with Gasteiger partial charge in [0.2, 0.25) is 5.91 Å². The summed E-state index contributed by atoms with van der Waals surface area (Å²) in [5.74, 6) is 1.53. The van der Waals surface area contributed by atoms with Crippen molar-refractivity contribution < 1.29 is 23.8 Å². The van der Waals surface area contributed by atoms with Gasteiger partial charge in [0.15, 0.2) is 6.10 Å². The zero-order valence-electron chi connectivity index (χ0n) is 17.0. The predicted molar refractivity (Wildman–Crippen MR) is 110 cm³/mol. The molecular formula is C22H26N2O5. The molecule has 0 aliphatic carbocycles. The second kappa shape index (κ2) is 8.86. The summed E-state index contributed by atoms with van der Waals surface area (Å²) in [5, 5.41) is 2.91. The van der Waals surface area contributed by atoms with Gasteiger partial charge in [-0.1, -0.05) is 12.1 Å². The number of anilines is 1. The van der Waals surface area contributed by atoms with Crippen molar-refractivity contribution >= 4 is 17.5 Å². The van der Waals surface area contributed by atoms with Crippen LogP contribution < -0.4 is 24.4 Å². The molecule has 154 valence electrons. The maximum Gasteiger partial charge on any atom is 0.268 e. The quantitative estimate of drug-likeness (QED) is 0.776. The van der Waals surface area contributed by atoms with E-state index in [1.165, 1.54) is 4.90 Å². The number of nitrogens with zero attached hydrogens (tertiary/aromatic N) is 1. The van der Waals surface area contributed by atoms with Crippen LogP contribution in [0, 0.1) is 0 Å². The van der Waals surface area contributed by atoms with E-state index in [-0.39, 0.29) is 17.9 Å². The smallest absolute Gasteiger partial charge is 0.268 e. The van der Waals surface area contributed by atoms with Crippen molar-refractivity contribution in [3.63, 3.8) is 0 Å². The summed E-state index contributed by atoms with van der Waals surface area (Å²) in [5.41, 5.74) is 0.598. The molecule has 2 aromatic rings. The number of rotatable bonds is 7. The van der Waals surface area contributed by atoms with Gasteiger partial charge in [-0.2, -0.15) is 0 Å². The third-order valence-corrected chi connectivity index (χ3v) is 4.73. The molecule has 0 radical (unpaired) electrons. The lowest BCUT2D eigenvalue weighted by Gasteiger charge is -2.36. The topological polar surface area (TPSA) is 77.1 Å². The van der Waals surface area contributed by atoms with Gasteiger partial charge < -0.3 is 19.5 Å². The highest BCUT2D eigenvalue weighted by atomic mass is 16.5. The maximum absolute atomic E-state index is 12.8. The summed E-state index contributed by atoms with van der Waals surface area (Å²) in [6.45, 7) is 5.54. The SMILES string of the molecule is COc1ccc(OC[C@H](C)NC(=O)[C@H](C)N2C(=O)[C@H](C)Oc3ccccc32)cc1. The van der Waals surface area contributed by atoms with Gasteiger partial charge in [-0.25, -0.2) is 0 Å². The average molecular weight is 398 g/mol. The molecule has 2 amide bonds. The van der Waals surface area contributed by atoms with E-state index >= 15 is 0 Å². The standard InChI is InChI=1S/C22H26N2O5/c1-14(13-28-18-11-9-17(27-4)10-12-18)23-21(25)15(2)24-19-7-5-6-8-20(19)29-16(3)22(24)26/h5-12,14-16H,13H2,1-4H3,(H,23,25)/t14-,15-,16-/m0/s1. The van der Waals surface area contributed by atoms with Gasteiger partial charge >= 0.3 is 0 Å². The number of carbonyl (C=O) groups is 2. The molecule has 1 N–H and O–H groups in total. The van der Waals surface area contributed by atoms with Crippen molar-refractivity contribution in [2.75, 3.05) is 18.6 Å². The first-order valence-corrected chi connectivity index (χ1v) is 9.56. The van der Waals surface area contributed by atoms with E-state index < -0.39 is 12.1 Å². The van der Waals surface area contributed by atoms with Crippen molar-refractivity contribution in [3.05, 3.63) is 48.5 Å². The van der Waals surface area contributed by atoms with Crippen molar-refractivity contribution in [2.45, 2.75) is 39.0 Å². The molecule has 0 fully saturated rings. The highest BCUT2D eigenvalue weighted by molar-refractivity contribution is 6.05. The van der Waals surface area contributed by atoms with Crippen LogP contribution in [0.15, 0.2) is 48.5 Å². The van der Waals surface area contributed by atoms with E-state index in [9.17, 15) is 9.59 Å². The van der Waals surface area contributed by atoms with E-state index in [0.717, 1.165) is 5.75 Å². The molecule has 0 saturated carbocycles. The van der Waals surface area contributed by atoms with E-state index in [4.69, 9.17) is 14.2 Å². The Kier molecular flexibility index (Phi) is 6.26. The molecule has 7 nitrogen and oxygen atoms in total. The van der Waals surface area contributed by atoms with Crippen LogP contribution in [0.25, 0.3) is 0 Å². The van der Waals surface area contributed by atoms with Crippen LogP contribution in [-0.2, 0) is 9.59 Å². The van der Waals surface area contributed by atoms with Gasteiger partial charge in [-0.3, -0.25) is 14.5 Å². The second-order valence-electron chi connectivity index (χ2n) is 7.01. The fourth-order valence-corrected chi connectivity index (χ4v) is 3.13. The van der Waals surface area contributed by atoms with Crippen molar-refractivity contribution in [2.24, 2.45) is 0 Å². The Bertz CT molecular complexity index is 868. The third-order valence-electron chi connectivity index (χ3n) is 4.73. The monoisotopic (exact) mass is 398 g/mol. The van der Waals surface area contributed by atoms with Crippen LogP contribution in [0.2, 0.25) is 0 Å². The number of methoxy groups -OCH3 is 1. The second-order valence-corrected chi connectivity index (χ2v) is 7.01. The fraction of sp³-hybridized carbons (Fsp3) is 0.364. The molecule has 1 aliphatic heterocycles. The Hall–Kier alpha value is -3.22. The zero-order chi connectivity index (χ0) is 21.0. The van der Waals surface area contributed by atoms with Gasteiger partial charge in [0.1, 0.15) is 29.9 Å². The number of nitrogens with one attached hydrogen (secondary N) is 1. The number of carbonyl (C=O) groups excluding carboxylic acids is 2. The normalized spacial score (nSPS) is 17.6. The molecule has 0 unspecified atom stereocenters. The van der Waals surface area contributed by atoms with Crippen LogP contribution in [0.4, 0.5) is 5.69 Å². The maximum atomic E-state index is 12.8. The molecule has 3 atom stereocenters. The predicted octanol–water partition coefficient (Wildman–Crippen LogP) is 2.78. The molecule has 7 heteroatoms. The summed E-state index contributed by atoms with van der Waals surface area (Å²) in [6.07, 6.45) is -0.643. The lowest BCUT2D eigenvalue weighted by molar-refractivity contribution is -0.130. The lowest BCUT2D eigenvalue weighted by atomic mass is 10.1. The molecule has 0 bridgehead atoms. The summed E-state index contributed by atoms with van der Waals surface area (Å²) in [7, 11) is 1.60. The van der Waals surface area contributed by atoms with Gasteiger partial charge in [0.05, 0.1) is 18.8 Å². The van der Waals surface area contributed by atoms with E-state index in [2.05, 4.69) is 5.32 Å². The molecule has 1 heterocycles. The Morgan fingerprint density at radius 3 is 2.48 bits per heavy atom. The number of amides is 2. The first-order chi connectivity index (χ1) is 13.9. The Labute approximate surface area is 170 Å². The number of benzene rings is 2. The molecule has 2 aromatic carbocycles. The number of hydrogen-bond acceptors (Lipinski definition) is 5. The van der Waals surface area contributed by atoms with Crippen LogP contribution in [0.5, 0.6) is 17.2 Å². The third kappa shape index (κ3) is 4.62. The zero-order valence-corrected chi connectivity index (χ0v) is 17.0. The first kappa shape index (κ1) is 20.5. The first-order valence-electron chi connectivity index (χ1n) is 9.56. The minimum Gasteiger partial charge on any atom is -0.497 e. The number of para-hydroxylation sites is 2. The summed E-state index contributed by atoms with van der Waals surface area (Å²) in [4.78, 5) is 27.0. The van der Waals surface area contributed by atoms with Gasteiger partial charge in [-0.05, 0) is 57.2 Å². The molecule has 29 heavy (non-hydrogen) atoms. The summed E-state index contributed by atoms with van der Waals surface area (Å²) >= 11 is 0. The fourth-order valence-electron chi connectivity index (χ4n) is 3.13. The minimum atomic E-state index is -0.682. The van der Waals surface area contributed by atoms with Crippen LogP contribution >= 0.6 is 0 Å². The minimum absolute atomic E-state index is 0.240. The molecule has 0 aromatic heterocycles. The summed E-state index contributed by atoms with van der Waals surface area (Å²) in [6, 6.07) is 13.5. The Balaban J connectivity index is 1.61. The van der Waals surface area contributed by atoms with Crippen LogP contribution in [0.3, 0.4) is 0 Å². The number of fused-ring (bicyclic) bond motifs is 1. The van der Waals surface area contributed by atoms with E-state index in [1.807, 2.05) is 31.2 Å². The lowest BCUT2D eigenvalue weighted by Crippen LogP contribution is -2.55. The number of hydrogen-bond donors (Lipinski definition) is 1. The molecule has 1 aliphatic rings. The van der Waals surface area contributed by atoms with Gasteiger partial charge in [-0.15, -0.1) is 0 Å². The molecular weight excluding hydrogens is 372 g/mol. The Morgan fingerprint density at radius 1 is 1.14 bits per heavy atom. The van der Waals surface area contributed by atoms with Crippen molar-refractivity contribution in [3.8, 4) is 17.2 Å². The largest absolute Gasteiger partial charge is 0.497 e. The number of ether oxygens (including phenoxy) is 3. The summed E-state index contributed by atoms with van der Waals surface area (Å²) < 4.78 is 16.5. The average Bonchev–Trinajstić information content (AvgIpc) is 2.73. The Morgan fingerprint density at radius 2 is 1.79 bits per heavy atom. The van der Waals surface area contributed by atoms with E-state index in [1.54, 1.807) is 45.2 Å². The van der Waals surface area contributed by atoms with Crippen molar-refractivity contribution in [1.29, 1.82) is 0 Å². The van der Waals surface area contributed by atoms with E-state index in [0.29, 0.717) is 23.8 Å². The molecule has 0 saturated heterocycles. The van der Waals surface area contributed by atoms with Crippen LogP contribution in [-0.4, -0.2) is 43.7 Å².